The van der Waals surface area contributed by atoms with Crippen LogP contribution in [0.1, 0.15) is 13.8 Å². The SMILES string of the molecule is C/C=C1/C=C(S(=O)(=O)O)C=C(S(=O)(=O)O)[C@@H]1C. The molecule has 96 valence electrons. The summed E-state index contributed by atoms with van der Waals surface area (Å²) in [6, 6.07) is 0. The maximum atomic E-state index is 11.1. The van der Waals surface area contributed by atoms with Crippen LogP contribution in [0.15, 0.2) is 33.6 Å². The van der Waals surface area contributed by atoms with Crippen molar-refractivity contribution in [2.75, 3.05) is 0 Å². The van der Waals surface area contributed by atoms with E-state index in [4.69, 9.17) is 9.11 Å². The van der Waals surface area contributed by atoms with E-state index < -0.39 is 36.0 Å². The molecular weight excluding hydrogens is 268 g/mol. The van der Waals surface area contributed by atoms with E-state index >= 15 is 0 Å². The highest BCUT2D eigenvalue weighted by Gasteiger charge is 2.29. The van der Waals surface area contributed by atoms with E-state index in [0.29, 0.717) is 5.57 Å². The number of allylic oxidation sites excluding steroid dienone is 5. The number of hydrogen-bond acceptors (Lipinski definition) is 4. The van der Waals surface area contributed by atoms with Crippen LogP contribution in [-0.2, 0) is 20.2 Å². The summed E-state index contributed by atoms with van der Waals surface area (Å²) >= 11 is 0. The second kappa shape index (κ2) is 4.37. The predicted molar refractivity (Wildman–Crippen MR) is 62.2 cm³/mol. The zero-order valence-corrected chi connectivity index (χ0v) is 10.8. The minimum atomic E-state index is -4.52. The monoisotopic (exact) mass is 280 g/mol. The van der Waals surface area contributed by atoms with Gasteiger partial charge in [0.15, 0.2) is 0 Å². The van der Waals surface area contributed by atoms with Crippen LogP contribution in [0, 0.1) is 5.92 Å². The number of hydrogen-bond donors (Lipinski definition) is 2. The van der Waals surface area contributed by atoms with Crippen molar-refractivity contribution in [3.63, 3.8) is 0 Å². The van der Waals surface area contributed by atoms with Crippen LogP contribution in [0.4, 0.5) is 0 Å². The van der Waals surface area contributed by atoms with Gasteiger partial charge in [-0.3, -0.25) is 9.11 Å². The van der Waals surface area contributed by atoms with Gasteiger partial charge in [0.2, 0.25) is 0 Å². The Bertz CT molecular complexity index is 618. The molecule has 8 heteroatoms. The summed E-state index contributed by atoms with van der Waals surface area (Å²) in [7, 11) is -9.02. The molecule has 0 aromatic rings. The van der Waals surface area contributed by atoms with Crippen molar-refractivity contribution in [3.8, 4) is 0 Å². The Morgan fingerprint density at radius 3 is 2.00 bits per heavy atom. The highest BCUT2D eigenvalue weighted by Crippen LogP contribution is 2.32. The van der Waals surface area contributed by atoms with Gasteiger partial charge in [0.1, 0.15) is 0 Å². The Labute approximate surface area is 99.8 Å². The van der Waals surface area contributed by atoms with Crippen molar-refractivity contribution >= 4 is 20.2 Å². The summed E-state index contributed by atoms with van der Waals surface area (Å²) in [5.41, 5.74) is 0.382. The Morgan fingerprint density at radius 2 is 1.65 bits per heavy atom. The highest BCUT2D eigenvalue weighted by molar-refractivity contribution is 7.91. The van der Waals surface area contributed by atoms with Gasteiger partial charge < -0.3 is 0 Å². The second-order valence-electron chi connectivity index (χ2n) is 3.55. The summed E-state index contributed by atoms with van der Waals surface area (Å²) < 4.78 is 62.0. The van der Waals surface area contributed by atoms with Crippen molar-refractivity contribution in [1.82, 2.24) is 0 Å². The largest absolute Gasteiger partial charge is 0.294 e. The fourth-order valence-corrected chi connectivity index (χ4v) is 3.03. The summed E-state index contributed by atoms with van der Waals surface area (Å²) in [6.45, 7) is 3.10. The van der Waals surface area contributed by atoms with Gasteiger partial charge in [0, 0.05) is 5.92 Å². The lowest BCUT2D eigenvalue weighted by atomic mass is 9.96. The van der Waals surface area contributed by atoms with Crippen LogP contribution < -0.4 is 0 Å². The molecule has 0 fully saturated rings. The maximum absolute atomic E-state index is 11.1. The lowest BCUT2D eigenvalue weighted by molar-refractivity contribution is 0.486. The zero-order valence-electron chi connectivity index (χ0n) is 9.15. The summed E-state index contributed by atoms with van der Waals surface area (Å²) in [4.78, 5) is -1.02. The van der Waals surface area contributed by atoms with Crippen LogP contribution in [-0.4, -0.2) is 25.9 Å². The van der Waals surface area contributed by atoms with Crippen LogP contribution >= 0.6 is 0 Å². The van der Waals surface area contributed by atoms with E-state index in [0.717, 1.165) is 12.2 Å². The fourth-order valence-electron chi connectivity index (χ4n) is 1.54. The van der Waals surface area contributed by atoms with Crippen LogP contribution in [0.5, 0.6) is 0 Å². The molecule has 0 heterocycles. The van der Waals surface area contributed by atoms with Crippen molar-refractivity contribution in [3.05, 3.63) is 33.6 Å². The molecule has 0 saturated heterocycles. The standard InChI is InChI=1S/C9H12O6S2/c1-3-7-4-8(16(10,11)12)5-9(6(7)2)17(13,14)15/h3-6H,1-2H3,(H,10,11,12)(H,13,14,15)/b7-3-/t6-/m1/s1. The third-order valence-electron chi connectivity index (χ3n) is 2.45. The Balaban J connectivity index is 3.53. The average Bonchev–Trinajstić information content (AvgIpc) is 2.14. The first-order valence-electron chi connectivity index (χ1n) is 4.62. The summed E-state index contributed by atoms with van der Waals surface area (Å²) in [6.07, 6.45) is 3.42. The molecular formula is C9H12O6S2. The molecule has 0 aromatic carbocycles. The third-order valence-corrected chi connectivity index (χ3v) is 4.35. The molecule has 0 unspecified atom stereocenters. The van der Waals surface area contributed by atoms with Gasteiger partial charge in [-0.05, 0) is 24.6 Å². The Kier molecular flexibility index (Phi) is 3.63. The van der Waals surface area contributed by atoms with Gasteiger partial charge in [-0.1, -0.05) is 13.0 Å². The molecule has 6 nitrogen and oxygen atoms in total. The molecule has 1 aliphatic carbocycles. The highest BCUT2D eigenvalue weighted by atomic mass is 32.2. The van der Waals surface area contributed by atoms with E-state index in [1.165, 1.54) is 13.0 Å². The topological polar surface area (TPSA) is 109 Å². The normalized spacial score (nSPS) is 24.5. The van der Waals surface area contributed by atoms with Crippen LogP contribution in [0.3, 0.4) is 0 Å². The molecule has 1 atom stereocenters. The lowest BCUT2D eigenvalue weighted by Crippen LogP contribution is -2.17. The lowest BCUT2D eigenvalue weighted by Gasteiger charge is -2.19. The van der Waals surface area contributed by atoms with E-state index in [1.54, 1.807) is 6.92 Å². The van der Waals surface area contributed by atoms with Gasteiger partial charge in [-0.2, -0.15) is 16.8 Å². The van der Waals surface area contributed by atoms with Crippen LogP contribution in [0.2, 0.25) is 0 Å². The van der Waals surface area contributed by atoms with Gasteiger partial charge in [0.25, 0.3) is 20.2 Å². The van der Waals surface area contributed by atoms with E-state index in [9.17, 15) is 16.8 Å². The molecule has 0 radical (unpaired) electrons. The molecule has 1 aliphatic rings. The Morgan fingerprint density at radius 1 is 1.12 bits per heavy atom. The van der Waals surface area contributed by atoms with Crippen molar-refractivity contribution in [2.45, 2.75) is 13.8 Å². The summed E-state index contributed by atoms with van der Waals surface area (Å²) in [5, 5.41) is 0. The van der Waals surface area contributed by atoms with E-state index in [-0.39, 0.29) is 0 Å². The third kappa shape index (κ3) is 3.03. The van der Waals surface area contributed by atoms with Gasteiger partial charge in [-0.15, -0.1) is 0 Å². The minimum Gasteiger partial charge on any atom is -0.282 e. The number of rotatable bonds is 2. The van der Waals surface area contributed by atoms with Gasteiger partial charge in [0.05, 0.1) is 9.81 Å². The predicted octanol–water partition coefficient (Wildman–Crippen LogP) is 1.13. The van der Waals surface area contributed by atoms with Crippen molar-refractivity contribution in [2.24, 2.45) is 5.92 Å². The molecule has 17 heavy (non-hydrogen) atoms. The van der Waals surface area contributed by atoms with E-state index in [2.05, 4.69) is 0 Å². The molecule has 2 N–H and O–H groups in total. The molecule has 0 amide bonds. The first-order valence-corrected chi connectivity index (χ1v) is 7.50. The average molecular weight is 280 g/mol. The van der Waals surface area contributed by atoms with Crippen LogP contribution in [0.25, 0.3) is 0 Å². The summed E-state index contributed by atoms with van der Waals surface area (Å²) in [5.74, 6) is -0.666. The van der Waals surface area contributed by atoms with Gasteiger partial charge >= 0.3 is 0 Å². The molecule has 0 aromatic heterocycles. The second-order valence-corrected chi connectivity index (χ2v) is 6.40. The Hall–Kier alpha value is -0.960. The molecule has 0 spiro atoms. The molecule has 0 saturated carbocycles. The fraction of sp³-hybridized carbons (Fsp3) is 0.333. The van der Waals surface area contributed by atoms with Gasteiger partial charge in [-0.25, -0.2) is 0 Å². The maximum Gasteiger partial charge on any atom is 0.294 e. The van der Waals surface area contributed by atoms with Crippen molar-refractivity contribution in [1.29, 1.82) is 0 Å². The first kappa shape index (κ1) is 14.1. The van der Waals surface area contributed by atoms with Crippen molar-refractivity contribution < 1.29 is 25.9 Å². The molecule has 0 bridgehead atoms. The van der Waals surface area contributed by atoms with E-state index in [1.807, 2.05) is 0 Å². The zero-order chi connectivity index (χ0) is 13.4. The molecule has 0 aliphatic heterocycles. The molecule has 1 rings (SSSR count). The first-order chi connectivity index (χ1) is 7.57. The smallest absolute Gasteiger partial charge is 0.282 e. The minimum absolute atomic E-state index is 0.382. The quantitative estimate of drug-likeness (QED) is 0.734.